The highest BCUT2D eigenvalue weighted by Gasteiger charge is 2.21. The van der Waals surface area contributed by atoms with Gasteiger partial charge >= 0.3 is 5.97 Å². The molecule has 1 unspecified atom stereocenters. The molecule has 0 bridgehead atoms. The zero-order valence-corrected chi connectivity index (χ0v) is 13.3. The zero-order chi connectivity index (χ0) is 15.4. The van der Waals surface area contributed by atoms with Crippen LogP contribution >= 0.6 is 27.3 Å². The average molecular weight is 369 g/mol. The molecule has 0 saturated carbocycles. The highest BCUT2D eigenvalue weighted by Crippen LogP contribution is 2.24. The molecule has 0 aliphatic heterocycles. The number of carboxylic acid groups (broad SMARTS) is 1. The fourth-order valence-corrected chi connectivity index (χ4v) is 3.04. The first-order valence-electron chi connectivity index (χ1n) is 6.08. The molecule has 1 atom stereocenters. The number of nitrogens with one attached hydrogen (secondary N) is 1. The number of nitrogen functional groups attached to an aromatic ring is 1. The molecule has 1 heterocycles. The summed E-state index contributed by atoms with van der Waals surface area (Å²) >= 11 is 4.69. The van der Waals surface area contributed by atoms with Crippen LogP contribution in [0.15, 0.2) is 40.2 Å². The number of halogens is 1. The summed E-state index contributed by atoms with van der Waals surface area (Å²) in [5.41, 5.74) is 6.52. The first-order chi connectivity index (χ1) is 9.97. The number of hydrogen-bond donors (Lipinski definition) is 3. The Bertz CT molecular complexity index is 658. The molecule has 2 rings (SSSR count). The molecule has 0 radical (unpaired) electrons. The molecule has 1 aromatic carbocycles. The van der Waals surface area contributed by atoms with Gasteiger partial charge in [-0.2, -0.15) is 0 Å². The monoisotopic (exact) mass is 368 g/mol. The molecule has 7 heteroatoms. The fraction of sp³-hybridized carbons (Fsp3) is 0.143. The van der Waals surface area contributed by atoms with E-state index < -0.39 is 12.0 Å². The Hall–Kier alpha value is -1.86. The van der Waals surface area contributed by atoms with Gasteiger partial charge in [-0.1, -0.05) is 6.07 Å². The summed E-state index contributed by atoms with van der Waals surface area (Å²) in [4.78, 5) is 24.1. The maximum absolute atomic E-state index is 12.3. The number of carbonyl (C=O) groups excluding carboxylic acids is 1. The predicted molar refractivity (Wildman–Crippen MR) is 85.3 cm³/mol. The Balaban J connectivity index is 2.22. The highest BCUT2D eigenvalue weighted by atomic mass is 79.9. The molecule has 2 aromatic rings. The van der Waals surface area contributed by atoms with Gasteiger partial charge in [0.15, 0.2) is 0 Å². The fourth-order valence-electron chi connectivity index (χ4n) is 1.84. The molecule has 110 valence electrons. The minimum atomic E-state index is -0.972. The number of aliphatic carboxylic acids is 1. The van der Waals surface area contributed by atoms with E-state index in [1.54, 1.807) is 24.3 Å². The molecule has 0 spiro atoms. The van der Waals surface area contributed by atoms with E-state index in [2.05, 4.69) is 21.2 Å². The summed E-state index contributed by atoms with van der Waals surface area (Å²) in [5, 5.41) is 13.6. The van der Waals surface area contributed by atoms with Crippen molar-refractivity contribution in [2.75, 3.05) is 5.73 Å². The molecule has 5 nitrogen and oxygen atoms in total. The van der Waals surface area contributed by atoms with Crippen LogP contribution in [0, 0.1) is 0 Å². The Kier molecular flexibility index (Phi) is 4.98. The maximum atomic E-state index is 12.3. The normalized spacial score (nSPS) is 11.9. The third-order valence-electron chi connectivity index (χ3n) is 2.81. The Morgan fingerprint density at radius 1 is 1.38 bits per heavy atom. The van der Waals surface area contributed by atoms with E-state index in [1.165, 1.54) is 11.3 Å². The van der Waals surface area contributed by atoms with E-state index in [4.69, 9.17) is 10.8 Å². The quantitative estimate of drug-likeness (QED) is 0.707. The van der Waals surface area contributed by atoms with Gasteiger partial charge in [0.25, 0.3) is 5.91 Å². The van der Waals surface area contributed by atoms with Crippen LogP contribution < -0.4 is 11.1 Å². The van der Waals surface area contributed by atoms with Crippen molar-refractivity contribution in [2.24, 2.45) is 0 Å². The van der Waals surface area contributed by atoms with Crippen LogP contribution in [0.3, 0.4) is 0 Å². The van der Waals surface area contributed by atoms with Gasteiger partial charge in [-0.15, -0.1) is 11.3 Å². The van der Waals surface area contributed by atoms with Gasteiger partial charge in [0, 0.05) is 15.0 Å². The molecule has 1 aromatic heterocycles. The van der Waals surface area contributed by atoms with E-state index in [-0.39, 0.29) is 12.3 Å². The first kappa shape index (κ1) is 15.5. The van der Waals surface area contributed by atoms with Crippen LogP contribution in [0.1, 0.15) is 27.7 Å². The van der Waals surface area contributed by atoms with E-state index in [0.717, 1.165) is 4.88 Å². The molecular formula is C14H13BrN2O3S. The lowest BCUT2D eigenvalue weighted by atomic mass is 10.1. The van der Waals surface area contributed by atoms with Crippen molar-refractivity contribution in [2.45, 2.75) is 12.5 Å². The van der Waals surface area contributed by atoms with Crippen molar-refractivity contribution < 1.29 is 14.7 Å². The van der Waals surface area contributed by atoms with Crippen molar-refractivity contribution in [3.05, 3.63) is 50.6 Å². The van der Waals surface area contributed by atoms with E-state index in [9.17, 15) is 9.59 Å². The van der Waals surface area contributed by atoms with Crippen LogP contribution in [-0.4, -0.2) is 17.0 Å². The molecule has 21 heavy (non-hydrogen) atoms. The van der Waals surface area contributed by atoms with Crippen LogP contribution in [0.25, 0.3) is 0 Å². The minimum Gasteiger partial charge on any atom is -0.481 e. The number of hydrogen-bond acceptors (Lipinski definition) is 4. The number of carbonyl (C=O) groups is 2. The predicted octanol–water partition coefficient (Wildman–Crippen LogP) is 3.04. The standard InChI is InChI=1S/C14H13BrN2O3S/c15-10-4-3-8(16)6-9(10)14(20)17-11(7-13(18)19)12-2-1-5-21-12/h1-6,11H,7,16H2,(H,17,20)(H,18,19). The van der Waals surface area contributed by atoms with Crippen LogP contribution in [-0.2, 0) is 4.79 Å². The zero-order valence-electron chi connectivity index (χ0n) is 10.9. The molecule has 4 N–H and O–H groups in total. The van der Waals surface area contributed by atoms with Crippen molar-refractivity contribution in [3.8, 4) is 0 Å². The Morgan fingerprint density at radius 2 is 2.14 bits per heavy atom. The third-order valence-corrected chi connectivity index (χ3v) is 4.48. The number of anilines is 1. The van der Waals surface area contributed by atoms with Crippen molar-refractivity contribution in [1.82, 2.24) is 5.32 Å². The minimum absolute atomic E-state index is 0.174. The Labute approximate surface area is 133 Å². The van der Waals surface area contributed by atoms with Crippen LogP contribution in [0.4, 0.5) is 5.69 Å². The van der Waals surface area contributed by atoms with Gasteiger partial charge in [0.05, 0.1) is 18.0 Å². The van der Waals surface area contributed by atoms with E-state index in [0.29, 0.717) is 15.7 Å². The smallest absolute Gasteiger partial charge is 0.305 e. The SMILES string of the molecule is Nc1ccc(Br)c(C(=O)NC(CC(=O)O)c2cccs2)c1. The van der Waals surface area contributed by atoms with Gasteiger partial charge in [0.1, 0.15) is 0 Å². The summed E-state index contributed by atoms with van der Waals surface area (Å²) in [6, 6.07) is 7.95. The second-order valence-electron chi connectivity index (χ2n) is 4.38. The van der Waals surface area contributed by atoms with Gasteiger partial charge in [0.2, 0.25) is 0 Å². The van der Waals surface area contributed by atoms with Gasteiger partial charge in [-0.25, -0.2) is 0 Å². The number of amides is 1. The lowest BCUT2D eigenvalue weighted by Crippen LogP contribution is -2.30. The highest BCUT2D eigenvalue weighted by molar-refractivity contribution is 9.10. The third kappa shape index (κ3) is 4.05. The second kappa shape index (κ2) is 6.73. The second-order valence-corrected chi connectivity index (χ2v) is 6.21. The van der Waals surface area contributed by atoms with Crippen LogP contribution in [0.2, 0.25) is 0 Å². The van der Waals surface area contributed by atoms with Gasteiger partial charge in [-0.3, -0.25) is 9.59 Å². The summed E-state index contributed by atoms with van der Waals surface area (Å²) in [7, 11) is 0. The summed E-state index contributed by atoms with van der Waals surface area (Å²) in [6.45, 7) is 0. The number of nitrogens with two attached hydrogens (primary N) is 1. The molecule has 0 aliphatic rings. The number of thiophene rings is 1. The van der Waals surface area contributed by atoms with Crippen molar-refractivity contribution in [1.29, 1.82) is 0 Å². The topological polar surface area (TPSA) is 92.4 Å². The van der Waals surface area contributed by atoms with Crippen LogP contribution in [0.5, 0.6) is 0 Å². The number of benzene rings is 1. The van der Waals surface area contributed by atoms with Crippen molar-refractivity contribution in [3.63, 3.8) is 0 Å². The molecule has 0 aliphatic carbocycles. The number of carboxylic acids is 1. The molecule has 0 fully saturated rings. The van der Waals surface area contributed by atoms with E-state index >= 15 is 0 Å². The van der Waals surface area contributed by atoms with Crippen molar-refractivity contribution >= 4 is 44.8 Å². The average Bonchev–Trinajstić information content (AvgIpc) is 2.94. The molecule has 0 saturated heterocycles. The summed E-state index contributed by atoms with van der Waals surface area (Å²) in [6.07, 6.45) is -0.174. The lowest BCUT2D eigenvalue weighted by Gasteiger charge is -2.16. The maximum Gasteiger partial charge on any atom is 0.305 e. The largest absolute Gasteiger partial charge is 0.481 e. The van der Waals surface area contributed by atoms with Gasteiger partial charge < -0.3 is 16.2 Å². The Morgan fingerprint density at radius 3 is 2.76 bits per heavy atom. The van der Waals surface area contributed by atoms with E-state index in [1.807, 2.05) is 11.4 Å². The number of rotatable bonds is 5. The first-order valence-corrected chi connectivity index (χ1v) is 7.75. The van der Waals surface area contributed by atoms with Gasteiger partial charge in [-0.05, 0) is 45.6 Å². The summed E-state index contributed by atoms with van der Waals surface area (Å²) < 4.78 is 0.606. The molecule has 1 amide bonds. The lowest BCUT2D eigenvalue weighted by molar-refractivity contribution is -0.137. The summed E-state index contributed by atoms with van der Waals surface area (Å²) in [5.74, 6) is -1.34. The molecular weight excluding hydrogens is 356 g/mol.